The molecule has 4 rings (SSSR count). The Morgan fingerprint density at radius 3 is 1.50 bits per heavy atom. The number of amides is 1. The van der Waals surface area contributed by atoms with E-state index in [9.17, 15) is 10.0 Å². The van der Waals surface area contributed by atoms with Crippen molar-refractivity contribution in [2.45, 2.75) is 57.7 Å². The summed E-state index contributed by atoms with van der Waals surface area (Å²) in [7, 11) is -2.24. The van der Waals surface area contributed by atoms with Crippen molar-refractivity contribution in [2.24, 2.45) is 0 Å². The second-order valence-electron chi connectivity index (χ2n) is 10.6. The van der Waals surface area contributed by atoms with Crippen LogP contribution in [-0.4, -0.2) is 34.3 Å². The molecular weight excluding hydrogens is 439 g/mol. The molecule has 0 atom stereocenters. The minimum Gasteiger partial charge on any atom is -0.784 e. The molecule has 1 saturated heterocycles. The van der Waals surface area contributed by atoms with Crippen LogP contribution in [0.2, 0.25) is 0 Å². The van der Waals surface area contributed by atoms with E-state index in [1.165, 1.54) is 21.0 Å². The molecule has 0 bridgehead atoms. The van der Waals surface area contributed by atoms with Crippen molar-refractivity contribution in [3.8, 4) is 0 Å². The Kier molecular flexibility index (Phi) is 6.96. The van der Waals surface area contributed by atoms with Gasteiger partial charge in [0.1, 0.15) is 23.2 Å². The van der Waals surface area contributed by atoms with E-state index in [0.717, 1.165) is 0 Å². The van der Waals surface area contributed by atoms with E-state index < -0.39 is 18.3 Å². The Balaban J connectivity index is 1.73. The predicted molar refractivity (Wildman–Crippen MR) is 145 cm³/mol. The Labute approximate surface area is 204 Å². The third-order valence-electron chi connectivity index (χ3n) is 6.93. The van der Waals surface area contributed by atoms with Crippen LogP contribution in [0, 0.1) is 5.21 Å². The molecule has 0 unspecified atom stereocenters. The van der Waals surface area contributed by atoms with Crippen molar-refractivity contribution >= 4 is 29.1 Å². The quantitative estimate of drug-likeness (QED) is 0.531. The Hall–Kier alpha value is -2.52. The van der Waals surface area contributed by atoms with Crippen LogP contribution in [0.4, 0.5) is 0 Å². The molecule has 0 radical (unpaired) electrons. The van der Waals surface area contributed by atoms with Crippen molar-refractivity contribution in [3.05, 3.63) is 96.2 Å². The molecule has 3 aromatic carbocycles. The number of hydrogen-bond donors (Lipinski definition) is 1. The maximum Gasteiger partial charge on any atom is 0.259 e. The lowest BCUT2D eigenvalue weighted by molar-refractivity contribution is -0.120. The van der Waals surface area contributed by atoms with Gasteiger partial charge in [0.05, 0.1) is 0 Å². The van der Waals surface area contributed by atoms with Crippen LogP contribution < -0.4 is 21.2 Å². The number of rotatable bonds is 6. The third-order valence-corrected chi connectivity index (χ3v) is 11.2. The fourth-order valence-corrected chi connectivity index (χ4v) is 9.63. The minimum atomic E-state index is -2.24. The maximum absolute atomic E-state index is 13.8. The molecule has 178 valence electrons. The van der Waals surface area contributed by atoms with Gasteiger partial charge in [-0.2, -0.15) is 0 Å². The van der Waals surface area contributed by atoms with E-state index in [1.807, 2.05) is 45.9 Å². The molecule has 1 heterocycles. The minimum absolute atomic E-state index is 0.0353. The van der Waals surface area contributed by atoms with Crippen molar-refractivity contribution in [3.63, 3.8) is 0 Å². The van der Waals surface area contributed by atoms with Gasteiger partial charge in [-0.1, -0.05) is 54.6 Å². The summed E-state index contributed by atoms with van der Waals surface area (Å²) in [6, 6.07) is 31.3. The standard InChI is InChI=1S/C29H35N2O2P/c1-28(2)20-23(21-29(3,4)31(28)33)30-27(32)22-34(24-14-8-5-9-15-24,25-16-10-6-11-17-25)26-18-12-7-13-19-26/h5-19,23H,20-22H2,1-4H3,(H,30,32). The van der Waals surface area contributed by atoms with E-state index >= 15 is 0 Å². The van der Waals surface area contributed by atoms with Crippen LogP contribution in [0.3, 0.4) is 0 Å². The molecule has 1 aliphatic heterocycles. The molecule has 5 heteroatoms. The van der Waals surface area contributed by atoms with Gasteiger partial charge in [-0.25, -0.2) is 0 Å². The zero-order valence-corrected chi connectivity index (χ0v) is 21.5. The summed E-state index contributed by atoms with van der Waals surface area (Å²) in [6.07, 6.45) is 1.67. The van der Waals surface area contributed by atoms with Crippen LogP contribution in [0.5, 0.6) is 0 Å². The molecular formula is C29H35N2O2P. The van der Waals surface area contributed by atoms with Crippen molar-refractivity contribution < 1.29 is 4.79 Å². The molecule has 4 nitrogen and oxygen atoms in total. The highest BCUT2D eigenvalue weighted by atomic mass is 31.2. The second kappa shape index (κ2) is 9.62. The van der Waals surface area contributed by atoms with Crippen LogP contribution >= 0.6 is 7.26 Å². The predicted octanol–water partition coefficient (Wildman–Crippen LogP) is 4.62. The van der Waals surface area contributed by atoms with Gasteiger partial charge in [0, 0.05) is 17.1 Å². The summed E-state index contributed by atoms with van der Waals surface area (Å²) in [4.78, 5) is 13.8. The normalized spacial score (nSPS) is 18.4. The Morgan fingerprint density at radius 2 is 1.15 bits per heavy atom. The molecule has 1 N–H and O–H groups in total. The van der Waals surface area contributed by atoms with Gasteiger partial charge in [0.25, 0.3) is 5.91 Å². The highest BCUT2D eigenvalue weighted by Gasteiger charge is 2.48. The molecule has 0 aromatic heterocycles. The van der Waals surface area contributed by atoms with Crippen molar-refractivity contribution in [1.29, 1.82) is 0 Å². The highest BCUT2D eigenvalue weighted by molar-refractivity contribution is 7.96. The molecule has 0 saturated carbocycles. The fraction of sp³-hybridized carbons (Fsp3) is 0.345. The fourth-order valence-electron chi connectivity index (χ4n) is 5.62. The van der Waals surface area contributed by atoms with Crippen LogP contribution in [0.15, 0.2) is 91.0 Å². The Morgan fingerprint density at radius 1 is 0.794 bits per heavy atom. The Bertz CT molecular complexity index is 986. The van der Waals surface area contributed by atoms with Gasteiger partial charge >= 0.3 is 0 Å². The summed E-state index contributed by atoms with van der Waals surface area (Å²) in [5, 5.41) is 20.9. The average molecular weight is 475 g/mol. The summed E-state index contributed by atoms with van der Waals surface area (Å²) < 4.78 is 0. The smallest absolute Gasteiger partial charge is 0.259 e. The number of benzene rings is 3. The molecule has 1 fully saturated rings. The second-order valence-corrected chi connectivity index (χ2v) is 14.1. The largest absolute Gasteiger partial charge is 0.784 e. The summed E-state index contributed by atoms with van der Waals surface area (Å²) >= 11 is 0. The first-order chi connectivity index (χ1) is 16.1. The van der Waals surface area contributed by atoms with Gasteiger partial charge < -0.3 is 15.6 Å². The van der Waals surface area contributed by atoms with Gasteiger partial charge in [-0.3, -0.25) is 4.79 Å². The van der Waals surface area contributed by atoms with Crippen molar-refractivity contribution in [1.82, 2.24) is 10.4 Å². The zero-order chi connectivity index (χ0) is 24.4. The zero-order valence-electron chi connectivity index (χ0n) is 20.6. The first-order valence-electron chi connectivity index (χ1n) is 12.0. The van der Waals surface area contributed by atoms with E-state index in [1.54, 1.807) is 0 Å². The highest BCUT2D eigenvalue weighted by Crippen LogP contribution is 2.55. The van der Waals surface area contributed by atoms with E-state index in [-0.39, 0.29) is 11.9 Å². The average Bonchev–Trinajstić information content (AvgIpc) is 2.82. The van der Waals surface area contributed by atoms with Gasteiger partial charge in [0.2, 0.25) is 0 Å². The number of hydrogen-bond acceptors (Lipinski definition) is 3. The van der Waals surface area contributed by atoms with Gasteiger partial charge in [-0.05, 0) is 76.9 Å². The lowest BCUT2D eigenvalue weighted by atomic mass is 9.79. The summed E-state index contributed by atoms with van der Waals surface area (Å²) in [6.45, 7) is 7.87. The molecule has 3 aromatic rings. The number of carbonyl (C=O) groups is 1. The lowest BCUT2D eigenvalue weighted by Gasteiger charge is -2.60. The lowest BCUT2D eigenvalue weighted by Crippen LogP contribution is -2.62. The van der Waals surface area contributed by atoms with Crippen LogP contribution in [-0.2, 0) is 4.79 Å². The van der Waals surface area contributed by atoms with E-state index in [0.29, 0.717) is 19.0 Å². The number of nitrogens with one attached hydrogen (secondary N) is 1. The van der Waals surface area contributed by atoms with Crippen LogP contribution in [0.1, 0.15) is 40.5 Å². The first kappa shape index (κ1) is 24.6. The van der Waals surface area contributed by atoms with Gasteiger partial charge in [0.15, 0.2) is 6.16 Å². The number of carbonyl (C=O) groups excluding carboxylic acids is 1. The van der Waals surface area contributed by atoms with E-state index in [2.05, 4.69) is 78.1 Å². The number of hydroxylamine groups is 2. The maximum atomic E-state index is 13.8. The number of nitrogens with zero attached hydrogens (tertiary/aromatic N) is 1. The van der Waals surface area contributed by atoms with Crippen LogP contribution in [0.25, 0.3) is 0 Å². The molecule has 0 spiro atoms. The molecule has 1 aliphatic rings. The summed E-state index contributed by atoms with van der Waals surface area (Å²) in [5.41, 5.74) is -1.05. The molecule has 34 heavy (non-hydrogen) atoms. The van der Waals surface area contributed by atoms with Gasteiger partial charge in [-0.15, -0.1) is 0 Å². The molecule has 0 aliphatic carbocycles. The monoisotopic (exact) mass is 474 g/mol. The molecule has 1 amide bonds. The van der Waals surface area contributed by atoms with E-state index in [4.69, 9.17) is 0 Å². The topological polar surface area (TPSA) is 55.4 Å². The van der Waals surface area contributed by atoms with Crippen molar-refractivity contribution in [2.75, 3.05) is 6.16 Å². The summed E-state index contributed by atoms with van der Waals surface area (Å²) in [5.74, 6) is 0.0424. The first-order valence-corrected chi connectivity index (χ1v) is 13.9. The number of piperidine rings is 1. The third kappa shape index (κ3) is 4.81. The SMILES string of the molecule is CC1(C)CC(NC(=O)C[P+](c2ccccc2)(c2ccccc2)c2ccccc2)CC(C)(C)N1[O-].